The van der Waals surface area contributed by atoms with E-state index in [1.807, 2.05) is 0 Å². The molecule has 0 saturated carbocycles. The van der Waals surface area contributed by atoms with E-state index in [9.17, 15) is 4.79 Å². The fourth-order valence-electron chi connectivity index (χ4n) is 1.04. The molecule has 0 saturated heterocycles. The number of carbonyl (C=O) groups is 1. The van der Waals surface area contributed by atoms with Crippen molar-refractivity contribution in [2.45, 2.75) is 6.61 Å². The molecular weight excluding hydrogens is 241 g/mol. The van der Waals surface area contributed by atoms with Gasteiger partial charge in [-0.3, -0.25) is 4.79 Å². The first-order chi connectivity index (χ1) is 7.04. The number of hydrogen-bond acceptors (Lipinski definition) is 3. The lowest BCUT2D eigenvalue weighted by Gasteiger charge is -2.10. The average Bonchev–Trinajstić information content (AvgIpc) is 2.14. The monoisotopic (exact) mass is 249 g/mol. The predicted octanol–water partition coefficient (Wildman–Crippen LogP) is 1.35. The minimum atomic E-state index is -0.620. The summed E-state index contributed by atoms with van der Waals surface area (Å²) in [6.45, 7) is -0.581. The van der Waals surface area contributed by atoms with Crippen molar-refractivity contribution in [1.82, 2.24) is 0 Å². The molecule has 15 heavy (non-hydrogen) atoms. The number of hydrogen-bond donors (Lipinski definition) is 2. The van der Waals surface area contributed by atoms with Crippen LogP contribution in [0.1, 0.15) is 5.56 Å². The lowest BCUT2D eigenvalue weighted by Crippen LogP contribution is -2.20. The molecule has 0 atom stereocenters. The lowest BCUT2D eigenvalue weighted by molar-refractivity contribution is -0.119. The fraction of sp³-hybridized carbons (Fsp3) is 0.222. The maximum absolute atomic E-state index is 10.5. The first-order valence-corrected chi connectivity index (χ1v) is 4.80. The molecule has 0 aliphatic heterocycles. The van der Waals surface area contributed by atoms with Gasteiger partial charge in [-0.05, 0) is 12.1 Å². The zero-order valence-corrected chi connectivity index (χ0v) is 9.18. The summed E-state index contributed by atoms with van der Waals surface area (Å²) in [6.07, 6.45) is 0. The second-order valence-electron chi connectivity index (χ2n) is 2.79. The van der Waals surface area contributed by atoms with Crippen LogP contribution in [0.3, 0.4) is 0 Å². The van der Waals surface area contributed by atoms with E-state index < -0.39 is 5.91 Å². The standard InChI is InChI=1S/C9H9Cl2NO3/c10-6-1-5(3-13)9(7(11)2-6)15-4-8(12)14/h1-2,13H,3-4H2,(H2,12,14). The second-order valence-corrected chi connectivity index (χ2v) is 3.63. The van der Waals surface area contributed by atoms with Crippen molar-refractivity contribution in [2.24, 2.45) is 5.73 Å². The fourth-order valence-corrected chi connectivity index (χ4v) is 1.63. The van der Waals surface area contributed by atoms with Crippen molar-refractivity contribution < 1.29 is 14.6 Å². The third kappa shape index (κ3) is 3.27. The summed E-state index contributed by atoms with van der Waals surface area (Å²) in [5.41, 5.74) is 5.33. The van der Waals surface area contributed by atoms with Crippen LogP contribution in [0.15, 0.2) is 12.1 Å². The quantitative estimate of drug-likeness (QED) is 0.847. The molecule has 0 aliphatic rings. The number of aliphatic hydroxyl groups excluding tert-OH is 1. The molecule has 0 bridgehead atoms. The van der Waals surface area contributed by atoms with Crippen LogP contribution in [-0.2, 0) is 11.4 Å². The highest BCUT2D eigenvalue weighted by Gasteiger charge is 2.10. The molecule has 1 aromatic carbocycles. The summed E-state index contributed by atoms with van der Waals surface area (Å²) < 4.78 is 5.05. The van der Waals surface area contributed by atoms with E-state index in [1.54, 1.807) is 0 Å². The van der Waals surface area contributed by atoms with Crippen LogP contribution >= 0.6 is 23.2 Å². The van der Waals surface area contributed by atoms with Crippen LogP contribution in [0.4, 0.5) is 0 Å². The minimum absolute atomic E-state index is 0.224. The van der Waals surface area contributed by atoms with E-state index in [1.165, 1.54) is 12.1 Å². The predicted molar refractivity (Wildman–Crippen MR) is 57.1 cm³/mol. The summed E-state index contributed by atoms with van der Waals surface area (Å²) in [7, 11) is 0. The highest BCUT2D eigenvalue weighted by atomic mass is 35.5. The maximum Gasteiger partial charge on any atom is 0.255 e. The van der Waals surface area contributed by atoms with Crippen LogP contribution in [-0.4, -0.2) is 17.6 Å². The number of rotatable bonds is 4. The number of aliphatic hydroxyl groups is 1. The Kier molecular flexibility index (Phi) is 4.20. The van der Waals surface area contributed by atoms with Crippen molar-refractivity contribution in [2.75, 3.05) is 6.61 Å². The topological polar surface area (TPSA) is 72.6 Å². The van der Waals surface area contributed by atoms with E-state index in [2.05, 4.69) is 0 Å². The Balaban J connectivity index is 2.98. The van der Waals surface area contributed by atoms with Gasteiger partial charge in [-0.25, -0.2) is 0 Å². The third-order valence-corrected chi connectivity index (χ3v) is 2.11. The Hall–Kier alpha value is -0.970. The molecule has 0 heterocycles. The molecule has 1 rings (SSSR count). The van der Waals surface area contributed by atoms with Crippen LogP contribution in [0.5, 0.6) is 5.75 Å². The summed E-state index contributed by atoms with van der Waals surface area (Å²) in [4.78, 5) is 10.5. The largest absolute Gasteiger partial charge is 0.482 e. The number of nitrogens with two attached hydrogens (primary N) is 1. The molecule has 0 radical (unpaired) electrons. The van der Waals surface area contributed by atoms with Gasteiger partial charge < -0.3 is 15.6 Å². The van der Waals surface area contributed by atoms with Crippen molar-refractivity contribution >= 4 is 29.1 Å². The summed E-state index contributed by atoms with van der Waals surface area (Å²) in [5.74, 6) is -0.396. The molecule has 0 unspecified atom stereocenters. The molecule has 1 amide bonds. The molecule has 0 fully saturated rings. The number of benzene rings is 1. The van der Waals surface area contributed by atoms with Crippen molar-refractivity contribution in [3.63, 3.8) is 0 Å². The molecule has 4 nitrogen and oxygen atoms in total. The molecule has 0 aromatic heterocycles. The van der Waals surface area contributed by atoms with Crippen LogP contribution in [0.2, 0.25) is 10.0 Å². The number of halogens is 2. The Morgan fingerprint density at radius 3 is 2.67 bits per heavy atom. The molecule has 1 aromatic rings. The molecular formula is C9H9Cl2NO3. The molecule has 0 aliphatic carbocycles. The lowest BCUT2D eigenvalue weighted by atomic mass is 10.2. The smallest absolute Gasteiger partial charge is 0.255 e. The summed E-state index contributed by atoms with van der Waals surface area (Å²) in [5, 5.41) is 9.63. The second kappa shape index (κ2) is 5.21. The van der Waals surface area contributed by atoms with Gasteiger partial charge in [-0.15, -0.1) is 0 Å². The number of amides is 1. The number of primary amides is 1. The summed E-state index contributed by atoms with van der Waals surface area (Å²) >= 11 is 11.5. The average molecular weight is 250 g/mol. The molecule has 6 heteroatoms. The van der Waals surface area contributed by atoms with Crippen molar-refractivity contribution in [1.29, 1.82) is 0 Å². The molecule has 0 spiro atoms. The van der Waals surface area contributed by atoms with E-state index in [0.717, 1.165) is 0 Å². The van der Waals surface area contributed by atoms with E-state index in [4.69, 9.17) is 38.8 Å². The maximum atomic E-state index is 10.5. The minimum Gasteiger partial charge on any atom is -0.482 e. The first kappa shape index (κ1) is 12.1. The molecule has 82 valence electrons. The Labute approximate surface area is 96.5 Å². The van der Waals surface area contributed by atoms with Gasteiger partial charge in [0.25, 0.3) is 5.91 Å². The zero-order valence-electron chi connectivity index (χ0n) is 7.67. The van der Waals surface area contributed by atoms with Gasteiger partial charge in [0.1, 0.15) is 5.75 Å². The highest BCUT2D eigenvalue weighted by Crippen LogP contribution is 2.32. The third-order valence-electron chi connectivity index (χ3n) is 1.61. The van der Waals surface area contributed by atoms with Gasteiger partial charge in [0.05, 0.1) is 11.6 Å². The van der Waals surface area contributed by atoms with E-state index in [0.29, 0.717) is 10.6 Å². The van der Waals surface area contributed by atoms with E-state index in [-0.39, 0.29) is 24.0 Å². The first-order valence-electron chi connectivity index (χ1n) is 4.04. The SMILES string of the molecule is NC(=O)COc1c(Cl)cc(Cl)cc1CO. The van der Waals surface area contributed by atoms with Gasteiger partial charge in [0.15, 0.2) is 6.61 Å². The zero-order chi connectivity index (χ0) is 11.4. The van der Waals surface area contributed by atoms with Crippen LogP contribution in [0, 0.1) is 0 Å². The van der Waals surface area contributed by atoms with Gasteiger partial charge in [-0.2, -0.15) is 0 Å². The highest BCUT2D eigenvalue weighted by molar-refractivity contribution is 6.35. The Morgan fingerprint density at radius 2 is 2.13 bits per heavy atom. The summed E-state index contributed by atoms with van der Waals surface area (Å²) in [6, 6.07) is 2.96. The number of ether oxygens (including phenoxy) is 1. The van der Waals surface area contributed by atoms with Crippen molar-refractivity contribution in [3.8, 4) is 5.75 Å². The van der Waals surface area contributed by atoms with E-state index >= 15 is 0 Å². The normalized spacial score (nSPS) is 10.1. The van der Waals surface area contributed by atoms with Crippen LogP contribution in [0.25, 0.3) is 0 Å². The molecule has 3 N–H and O–H groups in total. The Morgan fingerprint density at radius 1 is 1.47 bits per heavy atom. The van der Waals surface area contributed by atoms with Gasteiger partial charge in [0, 0.05) is 10.6 Å². The van der Waals surface area contributed by atoms with Crippen molar-refractivity contribution in [3.05, 3.63) is 27.7 Å². The van der Waals surface area contributed by atoms with Gasteiger partial charge in [-0.1, -0.05) is 23.2 Å². The Bertz CT molecular complexity index is 382. The van der Waals surface area contributed by atoms with Gasteiger partial charge >= 0.3 is 0 Å². The van der Waals surface area contributed by atoms with Gasteiger partial charge in [0.2, 0.25) is 0 Å². The number of carbonyl (C=O) groups excluding carboxylic acids is 1. The van der Waals surface area contributed by atoms with Crippen LogP contribution < -0.4 is 10.5 Å².